The molecule has 0 saturated heterocycles. The minimum Gasteiger partial charge on any atom is -0.492 e. The Bertz CT molecular complexity index is 419. The molecule has 0 heterocycles. The lowest BCUT2D eigenvalue weighted by Crippen LogP contribution is -2.29. The van der Waals surface area contributed by atoms with Crippen LogP contribution in [0.25, 0.3) is 0 Å². The van der Waals surface area contributed by atoms with Crippen LogP contribution >= 0.6 is 0 Å². The molecular weight excluding hydrogens is 260 g/mol. The first-order valence-electron chi connectivity index (χ1n) is 7.55. The summed E-state index contributed by atoms with van der Waals surface area (Å²) in [6, 6.07) is 8.66. The lowest BCUT2D eigenvalue weighted by Gasteiger charge is -2.19. The molecule has 1 rings (SSSR count). The van der Waals surface area contributed by atoms with Crippen molar-refractivity contribution in [1.82, 2.24) is 10.2 Å². The van der Waals surface area contributed by atoms with E-state index in [1.165, 1.54) is 5.56 Å². The van der Waals surface area contributed by atoms with E-state index < -0.39 is 0 Å². The van der Waals surface area contributed by atoms with Gasteiger partial charge >= 0.3 is 0 Å². The van der Waals surface area contributed by atoms with Gasteiger partial charge in [-0.25, -0.2) is 0 Å². The molecular formula is C18H28N2O. The molecule has 0 unspecified atom stereocenters. The van der Waals surface area contributed by atoms with Crippen LogP contribution in [0, 0.1) is 0 Å². The lowest BCUT2D eigenvalue weighted by molar-refractivity contribution is 0.234. The normalized spacial score (nSPS) is 10.9. The molecule has 0 spiro atoms. The molecule has 0 amide bonds. The van der Waals surface area contributed by atoms with Gasteiger partial charge in [-0.2, -0.15) is 0 Å². The summed E-state index contributed by atoms with van der Waals surface area (Å²) in [4.78, 5) is 2.25. The van der Waals surface area contributed by atoms with Crippen molar-refractivity contribution in [2.24, 2.45) is 0 Å². The van der Waals surface area contributed by atoms with Crippen molar-refractivity contribution < 1.29 is 4.74 Å². The fourth-order valence-corrected chi connectivity index (χ4v) is 2.01. The summed E-state index contributed by atoms with van der Waals surface area (Å²) in [5.74, 6) is 0.961. The van der Waals surface area contributed by atoms with E-state index in [1.807, 2.05) is 30.4 Å². The zero-order chi connectivity index (χ0) is 15.5. The van der Waals surface area contributed by atoms with Gasteiger partial charge < -0.3 is 10.1 Å². The van der Waals surface area contributed by atoms with E-state index >= 15 is 0 Å². The number of hydrogen-bond donors (Lipinski definition) is 1. The van der Waals surface area contributed by atoms with Crippen molar-refractivity contribution in [3.8, 4) is 5.75 Å². The molecule has 3 heteroatoms. The van der Waals surface area contributed by atoms with Crippen LogP contribution < -0.4 is 10.1 Å². The van der Waals surface area contributed by atoms with Crippen LogP contribution in [0.3, 0.4) is 0 Å². The van der Waals surface area contributed by atoms with Crippen LogP contribution in [0.2, 0.25) is 0 Å². The molecule has 0 radical (unpaired) electrons. The van der Waals surface area contributed by atoms with E-state index in [1.54, 1.807) is 0 Å². The molecule has 3 nitrogen and oxygen atoms in total. The van der Waals surface area contributed by atoms with Gasteiger partial charge in [0.15, 0.2) is 0 Å². The van der Waals surface area contributed by atoms with Crippen molar-refractivity contribution in [1.29, 1.82) is 0 Å². The number of para-hydroxylation sites is 1. The maximum Gasteiger partial charge on any atom is 0.123 e. The van der Waals surface area contributed by atoms with Gasteiger partial charge in [0, 0.05) is 37.8 Å². The molecule has 0 aliphatic carbocycles. The highest BCUT2D eigenvalue weighted by atomic mass is 16.5. The third-order valence-corrected chi connectivity index (χ3v) is 3.11. The van der Waals surface area contributed by atoms with Gasteiger partial charge in [0.1, 0.15) is 12.4 Å². The van der Waals surface area contributed by atoms with Crippen LogP contribution in [-0.2, 0) is 6.54 Å². The summed E-state index contributed by atoms with van der Waals surface area (Å²) in [5, 5.41) is 3.43. The van der Waals surface area contributed by atoms with Crippen molar-refractivity contribution in [2.75, 3.05) is 26.2 Å². The Balaban J connectivity index is 2.50. The van der Waals surface area contributed by atoms with E-state index in [0.717, 1.165) is 31.9 Å². The van der Waals surface area contributed by atoms with E-state index in [4.69, 9.17) is 4.74 Å². The van der Waals surface area contributed by atoms with E-state index in [2.05, 4.69) is 43.3 Å². The molecule has 1 N–H and O–H groups in total. The van der Waals surface area contributed by atoms with Crippen LogP contribution in [0.5, 0.6) is 5.75 Å². The first-order valence-corrected chi connectivity index (χ1v) is 7.55. The Kier molecular flexibility index (Phi) is 8.48. The zero-order valence-corrected chi connectivity index (χ0v) is 13.3. The number of nitrogens with zero attached hydrogens (tertiary/aromatic N) is 1. The quantitative estimate of drug-likeness (QED) is 0.633. The first kappa shape index (κ1) is 17.5. The summed E-state index contributed by atoms with van der Waals surface area (Å²) >= 11 is 0. The second-order valence-electron chi connectivity index (χ2n) is 5.33. The molecule has 0 saturated carbocycles. The fourth-order valence-electron chi connectivity index (χ4n) is 2.01. The van der Waals surface area contributed by atoms with E-state index in [9.17, 15) is 0 Å². The van der Waals surface area contributed by atoms with Crippen LogP contribution in [-0.4, -0.2) is 37.2 Å². The van der Waals surface area contributed by atoms with Gasteiger partial charge in [-0.15, -0.1) is 13.2 Å². The zero-order valence-electron chi connectivity index (χ0n) is 13.3. The maximum absolute atomic E-state index is 5.94. The second-order valence-corrected chi connectivity index (χ2v) is 5.33. The molecule has 0 bridgehead atoms. The Hall–Kier alpha value is -1.58. The number of hydrogen-bond acceptors (Lipinski definition) is 3. The second kappa shape index (κ2) is 10.2. The molecule has 1 aromatic carbocycles. The smallest absolute Gasteiger partial charge is 0.123 e. The topological polar surface area (TPSA) is 24.5 Å². The molecule has 0 fully saturated rings. The summed E-state index contributed by atoms with van der Waals surface area (Å²) in [6.07, 6.45) is 3.81. The highest BCUT2D eigenvalue weighted by Gasteiger charge is 2.05. The number of benzene rings is 1. The van der Waals surface area contributed by atoms with Crippen LogP contribution in [0.4, 0.5) is 0 Å². The maximum atomic E-state index is 5.94. The average Bonchev–Trinajstić information content (AvgIpc) is 2.46. The number of nitrogens with one attached hydrogen (secondary N) is 1. The Morgan fingerprint density at radius 2 is 1.86 bits per heavy atom. The summed E-state index contributed by atoms with van der Waals surface area (Å²) < 4.78 is 5.94. The van der Waals surface area contributed by atoms with Crippen LogP contribution in [0.15, 0.2) is 49.6 Å². The van der Waals surface area contributed by atoms with E-state index in [0.29, 0.717) is 12.6 Å². The molecule has 0 aromatic heterocycles. The van der Waals surface area contributed by atoms with Crippen molar-refractivity contribution in [3.05, 3.63) is 55.1 Å². The third kappa shape index (κ3) is 7.11. The van der Waals surface area contributed by atoms with Gasteiger partial charge in [0.25, 0.3) is 0 Å². The Morgan fingerprint density at radius 3 is 2.48 bits per heavy atom. The summed E-state index contributed by atoms with van der Waals surface area (Å²) in [7, 11) is 0. The summed E-state index contributed by atoms with van der Waals surface area (Å²) in [5.41, 5.74) is 1.20. The predicted octanol–water partition coefficient (Wildman–Crippen LogP) is 3.24. The van der Waals surface area contributed by atoms with E-state index in [-0.39, 0.29) is 0 Å². The number of ether oxygens (including phenoxy) is 1. The van der Waals surface area contributed by atoms with Crippen LogP contribution in [0.1, 0.15) is 19.4 Å². The molecule has 0 aliphatic rings. The highest BCUT2D eigenvalue weighted by Crippen LogP contribution is 2.17. The molecule has 0 atom stereocenters. The van der Waals surface area contributed by atoms with Gasteiger partial charge in [0.2, 0.25) is 0 Å². The van der Waals surface area contributed by atoms with Crippen molar-refractivity contribution >= 4 is 0 Å². The molecule has 21 heavy (non-hydrogen) atoms. The number of rotatable bonds is 11. The van der Waals surface area contributed by atoms with Gasteiger partial charge in [-0.1, -0.05) is 44.2 Å². The summed E-state index contributed by atoms with van der Waals surface area (Å²) in [6.45, 7) is 15.9. The predicted molar refractivity (Wildman–Crippen MR) is 90.7 cm³/mol. The fraction of sp³-hybridized carbons (Fsp3) is 0.444. The molecule has 116 valence electrons. The average molecular weight is 288 g/mol. The first-order chi connectivity index (χ1) is 10.2. The minimum absolute atomic E-state index is 0.466. The van der Waals surface area contributed by atoms with Crippen molar-refractivity contribution in [3.63, 3.8) is 0 Å². The van der Waals surface area contributed by atoms with Crippen molar-refractivity contribution in [2.45, 2.75) is 26.4 Å². The Labute approximate surface area is 129 Å². The SMILES string of the molecule is C=CCN(CC=C)CCOc1ccccc1CNC(C)C. The highest BCUT2D eigenvalue weighted by molar-refractivity contribution is 5.33. The Morgan fingerprint density at radius 1 is 1.19 bits per heavy atom. The molecule has 1 aromatic rings. The van der Waals surface area contributed by atoms with Gasteiger partial charge in [0.05, 0.1) is 0 Å². The van der Waals surface area contributed by atoms with Gasteiger partial charge in [-0.05, 0) is 6.07 Å². The third-order valence-electron chi connectivity index (χ3n) is 3.11. The monoisotopic (exact) mass is 288 g/mol. The minimum atomic E-state index is 0.466. The molecule has 0 aliphatic heterocycles. The largest absolute Gasteiger partial charge is 0.492 e. The standard InChI is InChI=1S/C18H28N2O/c1-5-11-20(12-6-2)13-14-21-18-10-8-7-9-17(18)15-19-16(3)4/h5-10,16,19H,1-2,11-15H2,3-4H3. The van der Waals surface area contributed by atoms with Gasteiger partial charge in [-0.3, -0.25) is 4.90 Å². The lowest BCUT2D eigenvalue weighted by atomic mass is 10.2.